The molecule has 1 heterocycles. The second kappa shape index (κ2) is 9.28. The van der Waals surface area contributed by atoms with Crippen molar-refractivity contribution in [1.29, 1.82) is 0 Å². The van der Waals surface area contributed by atoms with Crippen LogP contribution in [0.1, 0.15) is 53.4 Å². The van der Waals surface area contributed by atoms with E-state index in [2.05, 4.69) is 5.32 Å². The van der Waals surface area contributed by atoms with Crippen molar-refractivity contribution in [2.45, 2.75) is 65.0 Å². The van der Waals surface area contributed by atoms with Crippen molar-refractivity contribution in [1.82, 2.24) is 15.1 Å². The van der Waals surface area contributed by atoms with E-state index in [-0.39, 0.29) is 24.0 Å². The molecule has 0 bridgehead atoms. The zero-order valence-electron chi connectivity index (χ0n) is 17.0. The van der Waals surface area contributed by atoms with Crippen LogP contribution in [0.15, 0.2) is 0 Å². The van der Waals surface area contributed by atoms with E-state index in [1.54, 1.807) is 16.7 Å². The van der Waals surface area contributed by atoms with Gasteiger partial charge >= 0.3 is 12.2 Å². The molecule has 0 spiro atoms. The van der Waals surface area contributed by atoms with E-state index in [4.69, 9.17) is 9.47 Å². The molecule has 0 unspecified atom stereocenters. The average molecular weight is 383 g/mol. The first-order valence-corrected chi connectivity index (χ1v) is 9.91. The molecule has 154 valence electrons. The first-order chi connectivity index (χ1) is 12.7. The maximum atomic E-state index is 13.0. The fourth-order valence-corrected chi connectivity index (χ4v) is 3.62. The topological polar surface area (TPSA) is 88.2 Å². The van der Waals surface area contributed by atoms with Gasteiger partial charge in [0.05, 0.1) is 12.5 Å². The number of piperazine rings is 1. The molecule has 1 aliphatic heterocycles. The van der Waals surface area contributed by atoms with E-state index in [0.29, 0.717) is 32.8 Å². The first kappa shape index (κ1) is 21.3. The van der Waals surface area contributed by atoms with Gasteiger partial charge in [-0.25, -0.2) is 9.59 Å². The minimum Gasteiger partial charge on any atom is -0.450 e. The standard InChI is InChI=1S/C19H33N3O5/c1-5-26-18(25)22-12-10-21(11-13-22)16(23)14-8-6-7-9-15(14)20-17(24)27-19(2,3)4/h14-15H,5-13H2,1-4H3,(H,20,24)/t14-,15+/m0/s1. The van der Waals surface area contributed by atoms with Crippen LogP contribution in [0.25, 0.3) is 0 Å². The maximum absolute atomic E-state index is 13.0. The van der Waals surface area contributed by atoms with E-state index < -0.39 is 11.7 Å². The SMILES string of the molecule is CCOC(=O)N1CCN(C(=O)[C@H]2CCCC[C@H]2NC(=O)OC(C)(C)C)CC1. The third-order valence-electron chi connectivity index (χ3n) is 4.90. The molecule has 27 heavy (non-hydrogen) atoms. The van der Waals surface area contributed by atoms with Gasteiger partial charge < -0.3 is 24.6 Å². The van der Waals surface area contributed by atoms with Crippen LogP contribution in [0, 0.1) is 5.92 Å². The number of hydrogen-bond acceptors (Lipinski definition) is 5. The van der Waals surface area contributed by atoms with Crippen LogP contribution in [-0.4, -0.2) is 72.3 Å². The number of hydrogen-bond donors (Lipinski definition) is 1. The molecule has 1 saturated carbocycles. The lowest BCUT2D eigenvalue weighted by Crippen LogP contribution is -2.55. The van der Waals surface area contributed by atoms with Gasteiger partial charge in [-0.3, -0.25) is 4.79 Å². The van der Waals surface area contributed by atoms with Gasteiger partial charge in [-0.05, 0) is 40.5 Å². The molecule has 1 N–H and O–H groups in total. The summed E-state index contributed by atoms with van der Waals surface area (Å²) in [5.41, 5.74) is -0.568. The molecule has 2 fully saturated rings. The Bertz CT molecular complexity index is 538. The number of amides is 3. The van der Waals surface area contributed by atoms with Crippen molar-refractivity contribution in [2.24, 2.45) is 5.92 Å². The van der Waals surface area contributed by atoms with E-state index in [1.165, 1.54) is 0 Å². The summed E-state index contributed by atoms with van der Waals surface area (Å²) in [6, 6.07) is -0.204. The second-order valence-electron chi connectivity index (χ2n) is 8.15. The van der Waals surface area contributed by atoms with Gasteiger partial charge in [0.1, 0.15) is 5.60 Å². The molecular weight excluding hydrogens is 350 g/mol. The Morgan fingerprint density at radius 1 is 1.00 bits per heavy atom. The maximum Gasteiger partial charge on any atom is 0.409 e. The van der Waals surface area contributed by atoms with Gasteiger partial charge in [-0.2, -0.15) is 0 Å². The quantitative estimate of drug-likeness (QED) is 0.808. The highest BCUT2D eigenvalue weighted by Gasteiger charge is 2.36. The van der Waals surface area contributed by atoms with Crippen molar-refractivity contribution in [3.05, 3.63) is 0 Å². The van der Waals surface area contributed by atoms with Crippen LogP contribution in [0.2, 0.25) is 0 Å². The third kappa shape index (κ3) is 6.29. The molecule has 2 atom stereocenters. The summed E-state index contributed by atoms with van der Waals surface area (Å²) in [5.74, 6) is -0.181. The molecule has 8 heteroatoms. The lowest BCUT2D eigenvalue weighted by atomic mass is 9.83. The molecule has 2 aliphatic rings. The molecule has 0 aromatic rings. The van der Waals surface area contributed by atoms with Crippen molar-refractivity contribution >= 4 is 18.1 Å². The van der Waals surface area contributed by atoms with Crippen LogP contribution in [0.5, 0.6) is 0 Å². The molecular formula is C19H33N3O5. The Morgan fingerprint density at radius 3 is 2.19 bits per heavy atom. The predicted molar refractivity (Wildman–Crippen MR) is 100 cm³/mol. The van der Waals surface area contributed by atoms with Crippen molar-refractivity contribution in [3.63, 3.8) is 0 Å². The van der Waals surface area contributed by atoms with Crippen molar-refractivity contribution in [3.8, 4) is 0 Å². The fourth-order valence-electron chi connectivity index (χ4n) is 3.62. The fraction of sp³-hybridized carbons (Fsp3) is 0.842. The molecule has 8 nitrogen and oxygen atoms in total. The number of carbonyl (C=O) groups is 3. The smallest absolute Gasteiger partial charge is 0.409 e. The Hall–Kier alpha value is -1.99. The Kier molecular flexibility index (Phi) is 7.33. The van der Waals surface area contributed by atoms with Crippen molar-refractivity contribution < 1.29 is 23.9 Å². The van der Waals surface area contributed by atoms with Crippen LogP contribution in [-0.2, 0) is 14.3 Å². The number of alkyl carbamates (subject to hydrolysis) is 1. The lowest BCUT2D eigenvalue weighted by molar-refractivity contribution is -0.139. The summed E-state index contributed by atoms with van der Waals surface area (Å²) < 4.78 is 10.4. The van der Waals surface area contributed by atoms with Gasteiger partial charge in [0.2, 0.25) is 5.91 Å². The number of rotatable bonds is 3. The minimum absolute atomic E-state index is 0.0549. The van der Waals surface area contributed by atoms with Crippen LogP contribution < -0.4 is 5.32 Å². The molecule has 3 amide bonds. The van der Waals surface area contributed by atoms with Gasteiger partial charge in [0.25, 0.3) is 0 Å². The molecule has 0 aromatic carbocycles. The highest BCUT2D eigenvalue weighted by atomic mass is 16.6. The summed E-state index contributed by atoms with van der Waals surface area (Å²) in [4.78, 5) is 40.4. The Morgan fingerprint density at radius 2 is 1.59 bits per heavy atom. The summed E-state index contributed by atoms with van der Waals surface area (Å²) in [7, 11) is 0. The van der Waals surface area contributed by atoms with Crippen LogP contribution in [0.4, 0.5) is 9.59 Å². The largest absolute Gasteiger partial charge is 0.450 e. The van der Waals surface area contributed by atoms with Gasteiger partial charge in [0, 0.05) is 32.2 Å². The Balaban J connectivity index is 1.91. The number of nitrogens with one attached hydrogen (secondary N) is 1. The van der Waals surface area contributed by atoms with Gasteiger partial charge in [0.15, 0.2) is 0 Å². The lowest BCUT2D eigenvalue weighted by Gasteiger charge is -2.39. The summed E-state index contributed by atoms with van der Waals surface area (Å²) in [6.07, 6.45) is 2.70. The van der Waals surface area contributed by atoms with Crippen LogP contribution >= 0.6 is 0 Å². The first-order valence-electron chi connectivity index (χ1n) is 9.91. The Labute approximate surface area is 161 Å². The monoisotopic (exact) mass is 383 g/mol. The van der Waals surface area contributed by atoms with E-state index >= 15 is 0 Å². The van der Waals surface area contributed by atoms with E-state index in [9.17, 15) is 14.4 Å². The highest BCUT2D eigenvalue weighted by molar-refractivity contribution is 5.81. The number of ether oxygens (including phenoxy) is 2. The molecule has 0 radical (unpaired) electrons. The van der Waals surface area contributed by atoms with Gasteiger partial charge in [-0.1, -0.05) is 12.8 Å². The molecule has 2 rings (SSSR count). The molecule has 1 saturated heterocycles. The molecule has 0 aromatic heterocycles. The normalized spacial score (nSPS) is 23.6. The van der Waals surface area contributed by atoms with Crippen LogP contribution in [0.3, 0.4) is 0 Å². The summed E-state index contributed by atoms with van der Waals surface area (Å²) >= 11 is 0. The van der Waals surface area contributed by atoms with Crippen molar-refractivity contribution in [2.75, 3.05) is 32.8 Å². The number of carbonyl (C=O) groups excluding carboxylic acids is 3. The third-order valence-corrected chi connectivity index (χ3v) is 4.90. The zero-order chi connectivity index (χ0) is 20.0. The minimum atomic E-state index is -0.568. The van der Waals surface area contributed by atoms with E-state index in [0.717, 1.165) is 25.7 Å². The summed E-state index contributed by atoms with van der Waals surface area (Å²) in [5, 5.41) is 2.90. The van der Waals surface area contributed by atoms with E-state index in [1.807, 2.05) is 20.8 Å². The molecule has 1 aliphatic carbocycles. The van der Waals surface area contributed by atoms with Gasteiger partial charge in [-0.15, -0.1) is 0 Å². The zero-order valence-corrected chi connectivity index (χ0v) is 17.0. The predicted octanol–water partition coefficient (Wildman–Crippen LogP) is 2.37. The number of nitrogens with zero attached hydrogens (tertiary/aromatic N) is 2. The summed E-state index contributed by atoms with van der Waals surface area (Å²) in [6.45, 7) is 9.51. The second-order valence-corrected chi connectivity index (χ2v) is 8.15. The highest BCUT2D eigenvalue weighted by Crippen LogP contribution is 2.27. The average Bonchev–Trinajstić information content (AvgIpc) is 2.60.